The number of aromatic amines is 1. The number of sulfonamides is 1. The predicted molar refractivity (Wildman–Crippen MR) is 188 cm³/mol. The molecule has 0 saturated heterocycles. The van der Waals surface area contributed by atoms with Gasteiger partial charge in [-0.15, -0.1) is 10.2 Å². The molecule has 0 atom stereocenters. The highest BCUT2D eigenvalue weighted by Gasteiger charge is 2.26. The number of carbonyl (C=O) groups excluding carboxylic acids is 1. The molecule has 0 saturated carbocycles. The summed E-state index contributed by atoms with van der Waals surface area (Å²) in [5, 5.41) is 30.8. The van der Waals surface area contributed by atoms with E-state index < -0.39 is 21.4 Å². The fraction of sp³-hybridized carbons (Fsp3) is 0.176. The maximum Gasteiger partial charge on any atom is 0.310 e. The van der Waals surface area contributed by atoms with Crippen LogP contribution in [0.5, 0.6) is 23.1 Å². The lowest BCUT2D eigenvalue weighted by Gasteiger charge is -2.18. The number of ether oxygens (including phenoxy) is 4. The molecule has 4 N–H and O–H groups in total. The first-order valence-electron chi connectivity index (χ1n) is 16.1. The number of anilines is 1. The van der Waals surface area contributed by atoms with Gasteiger partial charge in [-0.25, -0.2) is 14.8 Å². The van der Waals surface area contributed by atoms with Crippen molar-refractivity contribution in [1.29, 1.82) is 0 Å². The van der Waals surface area contributed by atoms with E-state index in [4.69, 9.17) is 29.4 Å². The average molecular weight is 773 g/mol. The van der Waals surface area contributed by atoms with Gasteiger partial charge in [0.05, 0.1) is 25.5 Å². The van der Waals surface area contributed by atoms with Crippen LogP contribution in [0.4, 0.5) is 5.82 Å². The topological polar surface area (TPSA) is 259 Å². The second-order valence-electron chi connectivity index (χ2n) is 11.3. The van der Waals surface area contributed by atoms with E-state index in [1.54, 1.807) is 73.7 Å². The van der Waals surface area contributed by atoms with Crippen molar-refractivity contribution in [2.75, 3.05) is 25.0 Å². The number of aromatic nitrogens is 8. The normalized spacial score (nSPS) is 11.3. The number of methoxy groups -OCH3 is 1. The van der Waals surface area contributed by atoms with E-state index in [2.05, 4.69) is 50.1 Å². The number of aryl methyl sites for hydroxylation is 1. The van der Waals surface area contributed by atoms with Gasteiger partial charge in [-0.2, -0.15) is 18.6 Å². The number of H-pyrrole nitrogens is 1. The van der Waals surface area contributed by atoms with Crippen molar-refractivity contribution in [3.05, 3.63) is 102 Å². The number of nitrogens with zero attached hydrogens (tertiary/aromatic N) is 8. The summed E-state index contributed by atoms with van der Waals surface area (Å²) in [7, 11) is -2.93. The van der Waals surface area contributed by atoms with E-state index >= 15 is 0 Å². The SMILES string of the molecule is COc1ccccc1Oc1c(NS(=O)(=O)c2ccc(C)cn2)nc(-c2ccnc(-c3nn[nH]n3)c2)nc1OCCOC(=O)Cc1cccc(CON(O)O)c1. The third kappa shape index (κ3) is 10.1. The first kappa shape index (κ1) is 38.1. The number of benzene rings is 2. The highest BCUT2D eigenvalue weighted by atomic mass is 32.2. The van der Waals surface area contributed by atoms with Crippen LogP contribution in [-0.4, -0.2) is 91.1 Å². The first-order chi connectivity index (χ1) is 26.6. The smallest absolute Gasteiger partial charge is 0.310 e. The van der Waals surface area contributed by atoms with Crippen LogP contribution in [-0.2, 0) is 37.4 Å². The van der Waals surface area contributed by atoms with Crippen LogP contribution < -0.4 is 18.9 Å². The molecule has 284 valence electrons. The molecule has 0 unspecified atom stereocenters. The van der Waals surface area contributed by atoms with Gasteiger partial charge in [0.1, 0.15) is 18.9 Å². The minimum atomic E-state index is -4.36. The van der Waals surface area contributed by atoms with E-state index in [9.17, 15) is 13.2 Å². The lowest BCUT2D eigenvalue weighted by atomic mass is 10.1. The number of pyridine rings is 2. The third-order valence-corrected chi connectivity index (χ3v) is 8.62. The number of carbonyl (C=O) groups is 1. The fourth-order valence-corrected chi connectivity index (χ4v) is 5.80. The van der Waals surface area contributed by atoms with E-state index in [0.717, 1.165) is 5.56 Å². The van der Waals surface area contributed by atoms with Crippen LogP contribution in [0.1, 0.15) is 16.7 Å². The van der Waals surface area contributed by atoms with Gasteiger partial charge in [-0.1, -0.05) is 42.5 Å². The Morgan fingerprint density at radius 1 is 0.927 bits per heavy atom. The zero-order chi connectivity index (χ0) is 38.8. The Labute approximate surface area is 312 Å². The second-order valence-corrected chi connectivity index (χ2v) is 12.9. The number of tetrazole rings is 1. The molecule has 21 heteroatoms. The van der Waals surface area contributed by atoms with E-state index in [0.29, 0.717) is 28.1 Å². The van der Waals surface area contributed by atoms with Gasteiger partial charge >= 0.3 is 5.97 Å². The highest BCUT2D eigenvalue weighted by molar-refractivity contribution is 7.92. The molecule has 6 aromatic rings. The Bertz CT molecular complexity index is 2350. The fourth-order valence-electron chi connectivity index (χ4n) is 4.86. The van der Waals surface area contributed by atoms with Crippen LogP contribution >= 0.6 is 0 Å². The maximum atomic E-state index is 13.7. The van der Waals surface area contributed by atoms with Gasteiger partial charge in [0, 0.05) is 18.0 Å². The standard InChI is InChI=1S/C34H32N10O10S/c1-21-10-11-28(36-19-21)55(48,49)41-33-30(54-27-9-4-3-8-26(27)50-2)34(38-31(37-33)24-12-13-35-25(18-24)32-39-42-43-40-32)52-15-14-51-29(45)17-22-6-5-7-23(16-22)20-53-44(46)47/h3-13,16,18-19,46-47H,14-15,17,20H2,1-2H3,(H,37,38,41)(H,39,40,42,43). The highest BCUT2D eigenvalue weighted by Crippen LogP contribution is 2.41. The molecule has 0 bridgehead atoms. The molecule has 20 nitrogen and oxygen atoms in total. The molecular formula is C34H32N10O10S. The van der Waals surface area contributed by atoms with E-state index in [1.165, 1.54) is 25.6 Å². The summed E-state index contributed by atoms with van der Waals surface area (Å²) in [6.07, 6.45) is 2.75. The van der Waals surface area contributed by atoms with E-state index in [-0.39, 0.29) is 66.1 Å². The Balaban J connectivity index is 1.32. The lowest BCUT2D eigenvalue weighted by Crippen LogP contribution is -2.18. The van der Waals surface area contributed by atoms with Crippen LogP contribution in [0, 0.1) is 6.92 Å². The van der Waals surface area contributed by atoms with E-state index in [1.807, 2.05) is 0 Å². The third-order valence-electron chi connectivity index (χ3n) is 7.37. The quantitative estimate of drug-likeness (QED) is 0.0585. The number of para-hydroxylation sites is 2. The Hall–Kier alpha value is -6.65. The molecule has 0 spiro atoms. The van der Waals surface area contributed by atoms with Crippen LogP contribution in [0.2, 0.25) is 0 Å². The van der Waals surface area contributed by atoms with Gasteiger partial charge in [-0.05, 0) is 59.2 Å². The van der Waals surface area contributed by atoms with Gasteiger partial charge in [0.25, 0.3) is 15.9 Å². The maximum absolute atomic E-state index is 13.7. The van der Waals surface area contributed by atoms with Crippen molar-refractivity contribution in [3.63, 3.8) is 0 Å². The molecule has 0 radical (unpaired) electrons. The van der Waals surface area contributed by atoms with Gasteiger partial charge < -0.3 is 18.9 Å². The number of nitrogens with one attached hydrogen (secondary N) is 2. The number of rotatable bonds is 17. The molecule has 2 aromatic carbocycles. The zero-order valence-electron chi connectivity index (χ0n) is 29.1. The Kier molecular flexibility index (Phi) is 12.1. The lowest BCUT2D eigenvalue weighted by molar-refractivity contribution is -0.497. The Morgan fingerprint density at radius 3 is 2.49 bits per heavy atom. The number of esters is 1. The van der Waals surface area contributed by atoms with Crippen molar-refractivity contribution < 1.29 is 47.4 Å². The Morgan fingerprint density at radius 2 is 1.75 bits per heavy atom. The summed E-state index contributed by atoms with van der Waals surface area (Å²) in [5.41, 5.74) is 2.58. The largest absolute Gasteiger partial charge is 0.493 e. The zero-order valence-corrected chi connectivity index (χ0v) is 29.9. The molecule has 0 fully saturated rings. The van der Waals surface area contributed by atoms with Crippen LogP contribution in [0.25, 0.3) is 22.9 Å². The summed E-state index contributed by atoms with van der Waals surface area (Å²) in [6, 6.07) is 19.4. The number of hydrogen-bond acceptors (Lipinski definition) is 18. The van der Waals surface area contributed by atoms with Crippen molar-refractivity contribution in [1.82, 2.24) is 45.9 Å². The summed E-state index contributed by atoms with van der Waals surface area (Å²) in [6.45, 7) is 1.12. The summed E-state index contributed by atoms with van der Waals surface area (Å²) >= 11 is 0. The molecule has 0 aliphatic rings. The van der Waals surface area contributed by atoms with Crippen molar-refractivity contribution in [2.24, 2.45) is 0 Å². The van der Waals surface area contributed by atoms with Gasteiger partial charge in [0.15, 0.2) is 28.2 Å². The summed E-state index contributed by atoms with van der Waals surface area (Å²) in [4.78, 5) is 34.8. The predicted octanol–water partition coefficient (Wildman–Crippen LogP) is 3.70. The number of hydrogen-bond donors (Lipinski definition) is 4. The molecule has 6 rings (SSSR count). The first-order valence-corrected chi connectivity index (χ1v) is 17.6. The van der Waals surface area contributed by atoms with Crippen molar-refractivity contribution >= 4 is 21.8 Å². The minimum Gasteiger partial charge on any atom is -0.493 e. The average Bonchev–Trinajstić information content (AvgIpc) is 3.73. The molecule has 0 aliphatic heterocycles. The summed E-state index contributed by atoms with van der Waals surface area (Å²) in [5.74, 6) is -0.739. The molecule has 0 amide bonds. The second kappa shape index (κ2) is 17.5. The summed E-state index contributed by atoms with van der Waals surface area (Å²) < 4.78 is 53.0. The molecule has 55 heavy (non-hydrogen) atoms. The molecule has 4 aromatic heterocycles. The molecule has 0 aliphatic carbocycles. The van der Waals surface area contributed by atoms with Crippen molar-refractivity contribution in [3.8, 4) is 46.0 Å². The van der Waals surface area contributed by atoms with Crippen LogP contribution in [0.3, 0.4) is 0 Å². The molecular weight excluding hydrogens is 741 g/mol. The van der Waals surface area contributed by atoms with Crippen LogP contribution in [0.15, 0.2) is 90.2 Å². The van der Waals surface area contributed by atoms with Gasteiger partial charge in [-0.3, -0.25) is 24.9 Å². The van der Waals surface area contributed by atoms with Gasteiger partial charge in [0.2, 0.25) is 11.6 Å². The molecule has 4 heterocycles. The minimum absolute atomic E-state index is 0.0181. The van der Waals surface area contributed by atoms with Crippen molar-refractivity contribution in [2.45, 2.75) is 25.0 Å². The monoisotopic (exact) mass is 772 g/mol.